The molecule has 2 unspecified atom stereocenters. The van der Waals surface area contributed by atoms with Crippen molar-refractivity contribution in [3.8, 4) is 0 Å². The first-order valence-electron chi connectivity index (χ1n) is 11.1. The molecule has 1 fully saturated rings. The van der Waals surface area contributed by atoms with Gasteiger partial charge in [-0.2, -0.15) is 0 Å². The molecule has 1 amide bonds. The minimum absolute atomic E-state index is 0.0437. The van der Waals surface area contributed by atoms with Gasteiger partial charge in [0.15, 0.2) is 11.5 Å². The summed E-state index contributed by atoms with van der Waals surface area (Å²) in [6, 6.07) is 20.3. The summed E-state index contributed by atoms with van der Waals surface area (Å²) >= 11 is 1.67. The molecule has 0 aliphatic carbocycles. The number of amides is 1. The molecule has 1 N–H and O–H groups in total. The molecule has 4 aromatic rings. The van der Waals surface area contributed by atoms with Crippen molar-refractivity contribution in [3.05, 3.63) is 87.9 Å². The monoisotopic (exact) mass is 445 g/mol. The molecule has 5 nitrogen and oxygen atoms in total. The molecule has 2 atom stereocenters. The summed E-state index contributed by atoms with van der Waals surface area (Å²) < 4.78 is 6.00. The highest BCUT2D eigenvalue weighted by Crippen LogP contribution is 2.29. The van der Waals surface area contributed by atoms with E-state index in [0.29, 0.717) is 6.54 Å². The van der Waals surface area contributed by atoms with E-state index in [1.165, 1.54) is 5.56 Å². The Morgan fingerprint density at radius 1 is 1.19 bits per heavy atom. The second kappa shape index (κ2) is 9.27. The van der Waals surface area contributed by atoms with Crippen LogP contribution in [0.4, 0.5) is 0 Å². The summed E-state index contributed by atoms with van der Waals surface area (Å²) in [6.07, 6.45) is 2.06. The quantitative estimate of drug-likeness (QED) is 0.439. The van der Waals surface area contributed by atoms with Crippen molar-refractivity contribution in [2.45, 2.75) is 31.7 Å². The number of piperidine rings is 1. The van der Waals surface area contributed by atoms with Crippen LogP contribution in [0, 0.1) is 6.92 Å². The number of nitrogens with one attached hydrogen (secondary N) is 1. The topological polar surface area (TPSA) is 58.4 Å². The van der Waals surface area contributed by atoms with Crippen LogP contribution in [0.25, 0.3) is 11.1 Å². The van der Waals surface area contributed by atoms with Gasteiger partial charge < -0.3 is 9.73 Å². The van der Waals surface area contributed by atoms with Crippen LogP contribution in [-0.2, 0) is 4.79 Å². The second-order valence-electron chi connectivity index (χ2n) is 8.52. The lowest BCUT2D eigenvalue weighted by atomic mass is 9.98. The van der Waals surface area contributed by atoms with Crippen LogP contribution in [0.5, 0.6) is 0 Å². The van der Waals surface area contributed by atoms with Gasteiger partial charge in [-0.15, -0.1) is 11.3 Å². The molecule has 0 spiro atoms. The van der Waals surface area contributed by atoms with Gasteiger partial charge in [-0.25, -0.2) is 4.98 Å². The number of benzene rings is 2. The van der Waals surface area contributed by atoms with Crippen LogP contribution in [0.1, 0.15) is 46.7 Å². The molecule has 0 bridgehead atoms. The average molecular weight is 446 g/mol. The Morgan fingerprint density at radius 3 is 2.81 bits per heavy atom. The van der Waals surface area contributed by atoms with Crippen molar-refractivity contribution in [3.63, 3.8) is 0 Å². The van der Waals surface area contributed by atoms with Crippen molar-refractivity contribution in [2.24, 2.45) is 0 Å². The largest absolute Gasteiger partial charge is 0.440 e. The zero-order valence-corrected chi connectivity index (χ0v) is 19.0. The average Bonchev–Trinajstić information content (AvgIpc) is 3.48. The van der Waals surface area contributed by atoms with E-state index in [1.807, 2.05) is 30.3 Å². The zero-order chi connectivity index (χ0) is 21.9. The van der Waals surface area contributed by atoms with E-state index in [9.17, 15) is 4.79 Å². The number of carbonyl (C=O) groups excluding carboxylic acids is 1. The number of hydrogen-bond acceptors (Lipinski definition) is 5. The van der Waals surface area contributed by atoms with Gasteiger partial charge in [-0.1, -0.05) is 48.0 Å². The van der Waals surface area contributed by atoms with Crippen LogP contribution < -0.4 is 5.32 Å². The molecule has 32 heavy (non-hydrogen) atoms. The van der Waals surface area contributed by atoms with Gasteiger partial charge in [-0.05, 0) is 55.5 Å². The first kappa shape index (κ1) is 20.9. The van der Waals surface area contributed by atoms with E-state index in [0.717, 1.165) is 53.4 Å². The molecule has 3 heterocycles. The van der Waals surface area contributed by atoms with E-state index in [2.05, 4.69) is 57.8 Å². The maximum atomic E-state index is 13.1. The Bertz CT molecular complexity index is 1150. The third kappa shape index (κ3) is 4.61. The van der Waals surface area contributed by atoms with E-state index < -0.39 is 0 Å². The summed E-state index contributed by atoms with van der Waals surface area (Å²) in [5.41, 5.74) is 4.04. The summed E-state index contributed by atoms with van der Waals surface area (Å²) in [7, 11) is 0. The Labute approximate surface area is 192 Å². The number of aryl methyl sites for hydroxylation is 1. The summed E-state index contributed by atoms with van der Waals surface area (Å²) in [5, 5.41) is 5.32. The molecule has 1 saturated heterocycles. The normalized spacial score (nSPS) is 18.0. The van der Waals surface area contributed by atoms with Crippen LogP contribution in [-0.4, -0.2) is 35.4 Å². The molecule has 2 aromatic carbocycles. The van der Waals surface area contributed by atoms with Crippen molar-refractivity contribution >= 4 is 28.3 Å². The number of nitrogens with zero attached hydrogens (tertiary/aromatic N) is 2. The highest BCUT2D eigenvalue weighted by molar-refractivity contribution is 7.10. The van der Waals surface area contributed by atoms with E-state index in [4.69, 9.17) is 4.42 Å². The lowest BCUT2D eigenvalue weighted by Gasteiger charge is -2.31. The predicted molar refractivity (Wildman–Crippen MR) is 128 cm³/mol. The molecule has 1 aliphatic rings. The first-order valence-corrected chi connectivity index (χ1v) is 12.0. The van der Waals surface area contributed by atoms with Gasteiger partial charge >= 0.3 is 0 Å². The van der Waals surface area contributed by atoms with Gasteiger partial charge in [0, 0.05) is 17.3 Å². The SMILES string of the molecule is Cc1ccc(C(NC(=O)CN2CCCC(c3nc4ccccc4o3)C2)c2cccs2)cc1. The first-order chi connectivity index (χ1) is 15.7. The minimum Gasteiger partial charge on any atom is -0.440 e. The number of likely N-dealkylation sites (tertiary alicyclic amines) is 1. The van der Waals surface area contributed by atoms with E-state index in [-0.39, 0.29) is 17.9 Å². The van der Waals surface area contributed by atoms with Crippen LogP contribution in [0.15, 0.2) is 70.5 Å². The molecule has 6 heteroatoms. The molecule has 1 aliphatic heterocycles. The molecule has 0 radical (unpaired) electrons. The molecular formula is C26H27N3O2S. The number of para-hydroxylation sites is 2. The number of rotatable bonds is 6. The summed E-state index contributed by atoms with van der Waals surface area (Å²) in [5.74, 6) is 1.05. The highest BCUT2D eigenvalue weighted by Gasteiger charge is 2.27. The van der Waals surface area contributed by atoms with E-state index >= 15 is 0 Å². The highest BCUT2D eigenvalue weighted by atomic mass is 32.1. The lowest BCUT2D eigenvalue weighted by Crippen LogP contribution is -2.43. The summed E-state index contributed by atoms with van der Waals surface area (Å²) in [6.45, 7) is 4.16. The number of thiophene rings is 1. The van der Waals surface area contributed by atoms with Crippen molar-refractivity contribution in [1.29, 1.82) is 0 Å². The Balaban J connectivity index is 1.26. The smallest absolute Gasteiger partial charge is 0.234 e. The van der Waals surface area contributed by atoms with Crippen LogP contribution in [0.2, 0.25) is 0 Å². The lowest BCUT2D eigenvalue weighted by molar-refractivity contribution is -0.123. The zero-order valence-electron chi connectivity index (χ0n) is 18.2. The Kier molecular flexibility index (Phi) is 6.06. The fraction of sp³-hybridized carbons (Fsp3) is 0.308. The Morgan fingerprint density at radius 2 is 2.03 bits per heavy atom. The maximum Gasteiger partial charge on any atom is 0.234 e. The number of hydrogen-bond donors (Lipinski definition) is 1. The van der Waals surface area contributed by atoms with Crippen LogP contribution >= 0.6 is 11.3 Å². The van der Waals surface area contributed by atoms with Gasteiger partial charge in [0.2, 0.25) is 5.91 Å². The van der Waals surface area contributed by atoms with E-state index in [1.54, 1.807) is 11.3 Å². The molecule has 5 rings (SSSR count). The standard InChI is InChI=1S/C26H27N3O2S/c1-18-10-12-19(13-11-18)25(23-9-5-15-32-23)28-24(30)17-29-14-4-6-20(16-29)26-27-21-7-2-3-8-22(21)31-26/h2-3,5,7-13,15,20,25H,4,6,14,16-17H2,1H3,(H,28,30). The summed E-state index contributed by atoms with van der Waals surface area (Å²) in [4.78, 5) is 21.1. The van der Waals surface area contributed by atoms with Crippen molar-refractivity contribution in [1.82, 2.24) is 15.2 Å². The van der Waals surface area contributed by atoms with Crippen molar-refractivity contribution in [2.75, 3.05) is 19.6 Å². The van der Waals surface area contributed by atoms with Gasteiger partial charge in [0.25, 0.3) is 0 Å². The predicted octanol–water partition coefficient (Wildman–Crippen LogP) is 5.28. The maximum absolute atomic E-state index is 13.1. The molecule has 2 aromatic heterocycles. The number of oxazole rings is 1. The van der Waals surface area contributed by atoms with Crippen molar-refractivity contribution < 1.29 is 9.21 Å². The second-order valence-corrected chi connectivity index (χ2v) is 9.50. The number of aromatic nitrogens is 1. The molecular weight excluding hydrogens is 418 g/mol. The molecule has 0 saturated carbocycles. The van der Waals surface area contributed by atoms with Gasteiger partial charge in [-0.3, -0.25) is 9.69 Å². The number of fused-ring (bicyclic) bond motifs is 1. The third-order valence-electron chi connectivity index (χ3n) is 6.08. The fourth-order valence-corrected chi connectivity index (χ4v) is 5.21. The third-order valence-corrected chi connectivity index (χ3v) is 7.01. The number of carbonyl (C=O) groups is 1. The Hall–Kier alpha value is -2.96. The fourth-order valence-electron chi connectivity index (χ4n) is 4.41. The van der Waals surface area contributed by atoms with Gasteiger partial charge in [0.1, 0.15) is 5.52 Å². The molecule has 164 valence electrons. The van der Waals surface area contributed by atoms with Gasteiger partial charge in [0.05, 0.1) is 12.6 Å². The van der Waals surface area contributed by atoms with Crippen LogP contribution in [0.3, 0.4) is 0 Å². The minimum atomic E-state index is -0.124.